The number of benzene rings is 2. The third-order valence-corrected chi connectivity index (χ3v) is 6.03. The van der Waals surface area contributed by atoms with Gasteiger partial charge in [0.05, 0.1) is 23.8 Å². The molecule has 0 unspecified atom stereocenters. The first-order valence-corrected chi connectivity index (χ1v) is 11.0. The molecule has 7 heteroatoms. The zero-order valence-corrected chi connectivity index (χ0v) is 19.1. The van der Waals surface area contributed by atoms with Crippen molar-refractivity contribution in [2.24, 2.45) is 5.92 Å². The fraction of sp³-hybridized carbons (Fsp3) is 0.333. The van der Waals surface area contributed by atoms with Crippen molar-refractivity contribution in [3.8, 4) is 11.5 Å². The van der Waals surface area contributed by atoms with Crippen LogP contribution in [0.15, 0.2) is 42.5 Å². The summed E-state index contributed by atoms with van der Waals surface area (Å²) in [5.74, 6) is 1.14. The Kier molecular flexibility index (Phi) is 7.99. The molecule has 31 heavy (non-hydrogen) atoms. The summed E-state index contributed by atoms with van der Waals surface area (Å²) in [7, 11) is 1.58. The van der Waals surface area contributed by atoms with Crippen molar-refractivity contribution in [3.63, 3.8) is 0 Å². The van der Waals surface area contributed by atoms with Gasteiger partial charge in [-0.2, -0.15) is 0 Å². The van der Waals surface area contributed by atoms with Gasteiger partial charge in [-0.05, 0) is 61.7 Å². The molecule has 1 fully saturated rings. The van der Waals surface area contributed by atoms with Gasteiger partial charge in [-0.15, -0.1) is 0 Å². The molecule has 2 aromatic carbocycles. The van der Waals surface area contributed by atoms with Gasteiger partial charge >= 0.3 is 0 Å². The van der Waals surface area contributed by atoms with Gasteiger partial charge in [0.25, 0.3) is 0 Å². The second-order valence-electron chi connectivity index (χ2n) is 7.27. The molecule has 0 N–H and O–H groups in total. The molecule has 0 radical (unpaired) electrons. The van der Waals surface area contributed by atoms with Gasteiger partial charge in [-0.1, -0.05) is 29.3 Å². The van der Waals surface area contributed by atoms with E-state index in [9.17, 15) is 9.59 Å². The van der Waals surface area contributed by atoms with Gasteiger partial charge < -0.3 is 14.4 Å². The molecule has 1 aliphatic rings. The standard InChI is InChI=1S/C24H25Cl2NO4/c1-3-31-21-8-4-16(14-22(21)30-2)5-9-23(28)27-12-10-17(11-13-27)24(29)18-6-7-19(25)20(26)15-18/h4-9,14-15,17H,3,10-13H2,1-2H3/b9-5+. The molecule has 1 amide bonds. The topological polar surface area (TPSA) is 55.8 Å². The number of Topliss-reactive ketones (excluding diaryl/α,β-unsaturated/α-hetero) is 1. The number of hydrogen-bond acceptors (Lipinski definition) is 4. The first kappa shape index (κ1) is 23.2. The molecule has 0 spiro atoms. The van der Waals surface area contributed by atoms with Crippen molar-refractivity contribution < 1.29 is 19.1 Å². The quantitative estimate of drug-likeness (QED) is 0.401. The Bertz CT molecular complexity index is 982. The molecule has 3 rings (SSSR count). The van der Waals surface area contributed by atoms with E-state index in [4.69, 9.17) is 32.7 Å². The second kappa shape index (κ2) is 10.7. The van der Waals surface area contributed by atoms with E-state index in [-0.39, 0.29) is 17.6 Å². The van der Waals surface area contributed by atoms with Crippen molar-refractivity contribution in [3.05, 3.63) is 63.6 Å². The van der Waals surface area contributed by atoms with Gasteiger partial charge in [-0.3, -0.25) is 9.59 Å². The lowest BCUT2D eigenvalue weighted by Gasteiger charge is -2.30. The van der Waals surface area contributed by atoms with Crippen molar-refractivity contribution in [2.75, 3.05) is 26.8 Å². The maximum atomic E-state index is 12.7. The van der Waals surface area contributed by atoms with Crippen LogP contribution >= 0.6 is 23.2 Å². The second-order valence-corrected chi connectivity index (χ2v) is 8.08. The van der Waals surface area contributed by atoms with E-state index in [0.29, 0.717) is 59.6 Å². The number of amides is 1. The Balaban J connectivity index is 1.57. The summed E-state index contributed by atoms with van der Waals surface area (Å²) in [6.45, 7) is 3.53. The zero-order valence-electron chi connectivity index (χ0n) is 17.6. The Morgan fingerprint density at radius 2 is 1.81 bits per heavy atom. The molecule has 2 aromatic rings. The molecule has 5 nitrogen and oxygen atoms in total. The van der Waals surface area contributed by atoms with Gasteiger partial charge in [0.1, 0.15) is 0 Å². The van der Waals surface area contributed by atoms with E-state index in [1.54, 1.807) is 42.4 Å². The van der Waals surface area contributed by atoms with Gasteiger partial charge in [0, 0.05) is 30.6 Å². The SMILES string of the molecule is CCOc1ccc(/C=C/C(=O)N2CCC(C(=O)c3ccc(Cl)c(Cl)c3)CC2)cc1OC. The van der Waals surface area contributed by atoms with Gasteiger partial charge in [-0.25, -0.2) is 0 Å². The minimum absolute atomic E-state index is 0.0442. The lowest BCUT2D eigenvalue weighted by Crippen LogP contribution is -2.39. The van der Waals surface area contributed by atoms with Crippen molar-refractivity contribution in [2.45, 2.75) is 19.8 Å². The smallest absolute Gasteiger partial charge is 0.246 e. The third kappa shape index (κ3) is 5.81. The summed E-state index contributed by atoms with van der Waals surface area (Å²) < 4.78 is 10.9. The third-order valence-electron chi connectivity index (χ3n) is 5.29. The van der Waals surface area contributed by atoms with Crippen LogP contribution in [0.2, 0.25) is 10.0 Å². The number of carbonyl (C=O) groups excluding carboxylic acids is 2. The van der Waals surface area contributed by atoms with Crippen LogP contribution in [0.1, 0.15) is 35.7 Å². The van der Waals surface area contributed by atoms with E-state index in [2.05, 4.69) is 0 Å². The number of halogens is 2. The number of likely N-dealkylation sites (tertiary alicyclic amines) is 1. The molecular weight excluding hydrogens is 437 g/mol. The molecule has 1 aliphatic heterocycles. The lowest BCUT2D eigenvalue weighted by atomic mass is 9.89. The predicted octanol–water partition coefficient (Wildman–Crippen LogP) is 5.54. The van der Waals surface area contributed by atoms with Crippen molar-refractivity contribution in [1.82, 2.24) is 4.90 Å². The zero-order chi connectivity index (χ0) is 22.4. The Morgan fingerprint density at radius 3 is 2.45 bits per heavy atom. The van der Waals surface area contributed by atoms with Crippen LogP contribution in [0.4, 0.5) is 0 Å². The highest BCUT2D eigenvalue weighted by molar-refractivity contribution is 6.42. The number of rotatable bonds is 7. The highest BCUT2D eigenvalue weighted by Crippen LogP contribution is 2.29. The summed E-state index contributed by atoms with van der Waals surface area (Å²) in [6.07, 6.45) is 4.55. The summed E-state index contributed by atoms with van der Waals surface area (Å²) in [5.41, 5.74) is 1.40. The lowest BCUT2D eigenvalue weighted by molar-refractivity contribution is -0.127. The minimum Gasteiger partial charge on any atom is -0.493 e. The maximum Gasteiger partial charge on any atom is 0.246 e. The molecule has 164 valence electrons. The Hall–Kier alpha value is -2.50. The molecule has 0 aromatic heterocycles. The number of ether oxygens (including phenoxy) is 2. The largest absolute Gasteiger partial charge is 0.493 e. The van der Waals surface area contributed by atoms with Crippen LogP contribution in [-0.2, 0) is 4.79 Å². The molecular formula is C24H25Cl2NO4. The Labute approximate surface area is 192 Å². The summed E-state index contributed by atoms with van der Waals surface area (Å²) in [6, 6.07) is 10.5. The van der Waals surface area contributed by atoms with E-state index < -0.39 is 0 Å². The van der Waals surface area contributed by atoms with Crippen LogP contribution < -0.4 is 9.47 Å². The van der Waals surface area contributed by atoms with Crippen LogP contribution in [0.25, 0.3) is 6.08 Å². The fourth-order valence-electron chi connectivity index (χ4n) is 3.58. The van der Waals surface area contributed by atoms with Gasteiger partial charge in [0.15, 0.2) is 17.3 Å². The number of methoxy groups -OCH3 is 1. The number of piperidine rings is 1. The van der Waals surface area contributed by atoms with E-state index in [1.165, 1.54) is 0 Å². The number of nitrogens with zero attached hydrogens (tertiary/aromatic N) is 1. The average molecular weight is 462 g/mol. The first-order valence-electron chi connectivity index (χ1n) is 10.2. The van der Waals surface area contributed by atoms with Crippen molar-refractivity contribution in [1.29, 1.82) is 0 Å². The molecule has 1 saturated heterocycles. The first-order chi connectivity index (χ1) is 14.9. The van der Waals surface area contributed by atoms with Crippen LogP contribution in [0.3, 0.4) is 0 Å². The average Bonchev–Trinajstić information content (AvgIpc) is 2.79. The molecule has 1 heterocycles. The predicted molar refractivity (Wildman–Crippen MR) is 123 cm³/mol. The normalized spacial score (nSPS) is 14.6. The monoisotopic (exact) mass is 461 g/mol. The van der Waals surface area contributed by atoms with E-state index in [0.717, 1.165) is 5.56 Å². The van der Waals surface area contributed by atoms with Crippen molar-refractivity contribution >= 4 is 41.0 Å². The maximum absolute atomic E-state index is 12.7. The number of hydrogen-bond donors (Lipinski definition) is 0. The van der Waals surface area contributed by atoms with E-state index in [1.807, 2.05) is 25.1 Å². The van der Waals surface area contributed by atoms with Crippen LogP contribution in [-0.4, -0.2) is 43.4 Å². The van der Waals surface area contributed by atoms with Gasteiger partial charge in [0.2, 0.25) is 5.91 Å². The molecule has 0 saturated carbocycles. The van der Waals surface area contributed by atoms with Crippen LogP contribution in [0.5, 0.6) is 11.5 Å². The van der Waals surface area contributed by atoms with Crippen LogP contribution in [0, 0.1) is 5.92 Å². The number of carbonyl (C=O) groups is 2. The summed E-state index contributed by atoms with van der Waals surface area (Å²) in [5, 5.41) is 0.798. The summed E-state index contributed by atoms with van der Waals surface area (Å²) in [4.78, 5) is 27.1. The molecule has 0 bridgehead atoms. The molecule has 0 atom stereocenters. The van der Waals surface area contributed by atoms with E-state index >= 15 is 0 Å². The highest BCUT2D eigenvalue weighted by Gasteiger charge is 2.27. The summed E-state index contributed by atoms with van der Waals surface area (Å²) >= 11 is 12.0. The Morgan fingerprint density at radius 1 is 1.06 bits per heavy atom. The molecule has 0 aliphatic carbocycles. The highest BCUT2D eigenvalue weighted by atomic mass is 35.5. The minimum atomic E-state index is -0.124. The fourth-order valence-corrected chi connectivity index (χ4v) is 3.88. The number of ketones is 1.